The van der Waals surface area contributed by atoms with E-state index in [4.69, 9.17) is 4.74 Å². The predicted molar refractivity (Wildman–Crippen MR) is 107 cm³/mol. The quantitative estimate of drug-likeness (QED) is 0.400. The molecule has 0 fully saturated rings. The van der Waals surface area contributed by atoms with Crippen LogP contribution in [0.1, 0.15) is 48.5 Å². The summed E-state index contributed by atoms with van der Waals surface area (Å²) in [5.74, 6) is 0.385. The number of ether oxygens (including phenoxy) is 1. The zero-order chi connectivity index (χ0) is 19.5. The lowest BCUT2D eigenvalue weighted by molar-refractivity contribution is -0.116. The SMILES string of the molecule is CCCCCC(=O)Nc1ccc(C(=O)N/N=C\c2cccc(OC)c2)cc1. The lowest BCUT2D eigenvalue weighted by Gasteiger charge is -2.06. The molecule has 0 aliphatic carbocycles. The number of nitrogens with one attached hydrogen (secondary N) is 2. The van der Waals surface area contributed by atoms with Crippen molar-refractivity contribution in [2.75, 3.05) is 12.4 Å². The number of benzene rings is 2. The number of hydrazone groups is 1. The Balaban J connectivity index is 1.85. The molecule has 2 aromatic carbocycles. The Kier molecular flexibility index (Phi) is 8.03. The van der Waals surface area contributed by atoms with Crippen LogP contribution in [-0.2, 0) is 4.79 Å². The van der Waals surface area contributed by atoms with Gasteiger partial charge in [-0.15, -0.1) is 0 Å². The molecule has 0 aliphatic rings. The minimum absolute atomic E-state index is 0.0106. The molecule has 2 rings (SSSR count). The van der Waals surface area contributed by atoms with Crippen LogP contribution < -0.4 is 15.5 Å². The topological polar surface area (TPSA) is 79.8 Å². The molecule has 0 radical (unpaired) electrons. The summed E-state index contributed by atoms with van der Waals surface area (Å²) in [7, 11) is 1.59. The van der Waals surface area contributed by atoms with E-state index in [1.807, 2.05) is 24.3 Å². The largest absolute Gasteiger partial charge is 0.497 e. The Morgan fingerprint density at radius 3 is 2.59 bits per heavy atom. The molecule has 0 saturated carbocycles. The van der Waals surface area contributed by atoms with Crippen molar-refractivity contribution in [2.45, 2.75) is 32.6 Å². The average Bonchev–Trinajstić information content (AvgIpc) is 2.69. The highest BCUT2D eigenvalue weighted by atomic mass is 16.5. The number of hydrogen-bond acceptors (Lipinski definition) is 4. The summed E-state index contributed by atoms with van der Waals surface area (Å²) in [6.07, 6.45) is 5.06. The van der Waals surface area contributed by atoms with Crippen molar-refractivity contribution in [2.24, 2.45) is 5.10 Å². The van der Waals surface area contributed by atoms with Gasteiger partial charge in [-0.2, -0.15) is 5.10 Å². The van der Waals surface area contributed by atoms with Crippen LogP contribution in [0.5, 0.6) is 5.75 Å². The third kappa shape index (κ3) is 6.93. The second-order valence-corrected chi connectivity index (χ2v) is 6.06. The van der Waals surface area contributed by atoms with E-state index >= 15 is 0 Å². The fourth-order valence-electron chi connectivity index (χ4n) is 2.42. The second-order valence-electron chi connectivity index (χ2n) is 6.06. The van der Waals surface area contributed by atoms with Gasteiger partial charge < -0.3 is 10.1 Å². The number of carbonyl (C=O) groups is 2. The molecule has 0 bridgehead atoms. The highest BCUT2D eigenvalue weighted by Crippen LogP contribution is 2.12. The first kappa shape index (κ1) is 20.2. The van der Waals surface area contributed by atoms with E-state index < -0.39 is 0 Å². The third-order valence-corrected chi connectivity index (χ3v) is 3.91. The summed E-state index contributed by atoms with van der Waals surface area (Å²) in [4.78, 5) is 23.9. The van der Waals surface area contributed by atoms with Gasteiger partial charge in [-0.3, -0.25) is 9.59 Å². The van der Waals surface area contributed by atoms with Gasteiger partial charge in [0.05, 0.1) is 13.3 Å². The maximum Gasteiger partial charge on any atom is 0.271 e. The normalized spacial score (nSPS) is 10.6. The van der Waals surface area contributed by atoms with Crippen LogP contribution in [-0.4, -0.2) is 25.1 Å². The van der Waals surface area contributed by atoms with Crippen molar-refractivity contribution in [1.82, 2.24) is 5.43 Å². The van der Waals surface area contributed by atoms with Crippen molar-refractivity contribution in [3.63, 3.8) is 0 Å². The number of carbonyl (C=O) groups excluding carboxylic acids is 2. The Hall–Kier alpha value is -3.15. The first-order valence-corrected chi connectivity index (χ1v) is 8.99. The van der Waals surface area contributed by atoms with Crippen molar-refractivity contribution < 1.29 is 14.3 Å². The fourth-order valence-corrected chi connectivity index (χ4v) is 2.42. The van der Waals surface area contributed by atoms with E-state index in [0.29, 0.717) is 17.7 Å². The number of hydrogen-bond donors (Lipinski definition) is 2. The number of methoxy groups -OCH3 is 1. The third-order valence-electron chi connectivity index (χ3n) is 3.91. The van der Waals surface area contributed by atoms with E-state index in [9.17, 15) is 9.59 Å². The Bertz CT molecular complexity index is 786. The molecule has 0 aliphatic heterocycles. The lowest BCUT2D eigenvalue weighted by Crippen LogP contribution is -2.17. The van der Waals surface area contributed by atoms with Gasteiger partial charge in [0, 0.05) is 17.7 Å². The van der Waals surface area contributed by atoms with Crippen LogP contribution in [0.4, 0.5) is 5.69 Å². The highest BCUT2D eigenvalue weighted by Gasteiger charge is 2.06. The van der Waals surface area contributed by atoms with E-state index in [1.54, 1.807) is 37.6 Å². The molecule has 0 atom stereocenters. The smallest absolute Gasteiger partial charge is 0.271 e. The maximum atomic E-state index is 12.1. The molecule has 2 N–H and O–H groups in total. The van der Waals surface area contributed by atoms with Gasteiger partial charge in [-0.1, -0.05) is 31.9 Å². The zero-order valence-corrected chi connectivity index (χ0v) is 15.7. The molecule has 0 heterocycles. The molecule has 142 valence electrons. The first-order chi connectivity index (χ1) is 13.1. The second kappa shape index (κ2) is 10.8. The molecule has 6 nitrogen and oxygen atoms in total. The van der Waals surface area contributed by atoms with E-state index in [-0.39, 0.29) is 11.8 Å². The zero-order valence-electron chi connectivity index (χ0n) is 15.7. The molecule has 6 heteroatoms. The number of amides is 2. The minimum atomic E-state index is -0.324. The number of anilines is 1. The van der Waals surface area contributed by atoms with Crippen molar-refractivity contribution >= 4 is 23.7 Å². The minimum Gasteiger partial charge on any atom is -0.497 e. The first-order valence-electron chi connectivity index (χ1n) is 8.99. The van der Waals surface area contributed by atoms with E-state index in [1.165, 1.54) is 0 Å². The van der Waals surface area contributed by atoms with Gasteiger partial charge in [-0.25, -0.2) is 5.43 Å². The number of unbranched alkanes of at least 4 members (excludes halogenated alkanes) is 2. The molecular weight excluding hydrogens is 342 g/mol. The molecule has 2 amide bonds. The molecule has 2 aromatic rings. The number of nitrogens with zero attached hydrogens (tertiary/aromatic N) is 1. The lowest BCUT2D eigenvalue weighted by atomic mass is 10.1. The molecule has 27 heavy (non-hydrogen) atoms. The molecule has 0 aromatic heterocycles. The highest BCUT2D eigenvalue weighted by molar-refractivity contribution is 5.96. The number of rotatable bonds is 9. The monoisotopic (exact) mass is 367 g/mol. The van der Waals surface area contributed by atoms with Crippen LogP contribution in [0.15, 0.2) is 53.6 Å². The maximum absolute atomic E-state index is 12.1. The Morgan fingerprint density at radius 2 is 1.89 bits per heavy atom. The van der Waals surface area contributed by atoms with Crippen LogP contribution in [0.25, 0.3) is 0 Å². The van der Waals surface area contributed by atoms with Crippen LogP contribution in [0.2, 0.25) is 0 Å². The summed E-state index contributed by atoms with van der Waals surface area (Å²) in [6, 6.07) is 14.1. The van der Waals surface area contributed by atoms with Gasteiger partial charge in [0.25, 0.3) is 5.91 Å². The van der Waals surface area contributed by atoms with Crippen LogP contribution in [0, 0.1) is 0 Å². The molecule has 0 unspecified atom stereocenters. The Labute approximate surface area is 159 Å². The van der Waals surface area contributed by atoms with Gasteiger partial charge in [-0.05, 0) is 48.4 Å². The van der Waals surface area contributed by atoms with Crippen molar-refractivity contribution in [3.05, 3.63) is 59.7 Å². The van der Waals surface area contributed by atoms with Gasteiger partial charge in [0.15, 0.2) is 0 Å². The Morgan fingerprint density at radius 1 is 1.11 bits per heavy atom. The standard InChI is InChI=1S/C21H25N3O3/c1-3-4-5-9-20(25)23-18-12-10-17(11-13-18)21(26)24-22-15-16-7-6-8-19(14-16)27-2/h6-8,10-15H,3-5,9H2,1-2H3,(H,23,25)(H,24,26)/b22-15-. The van der Waals surface area contributed by atoms with Gasteiger partial charge in [0.1, 0.15) is 5.75 Å². The summed E-state index contributed by atoms with van der Waals surface area (Å²) in [6.45, 7) is 2.10. The summed E-state index contributed by atoms with van der Waals surface area (Å²) in [5, 5.41) is 6.79. The van der Waals surface area contributed by atoms with Crippen LogP contribution >= 0.6 is 0 Å². The molecule has 0 spiro atoms. The van der Waals surface area contributed by atoms with Crippen molar-refractivity contribution in [3.8, 4) is 5.75 Å². The van der Waals surface area contributed by atoms with Gasteiger partial charge >= 0.3 is 0 Å². The van der Waals surface area contributed by atoms with Gasteiger partial charge in [0.2, 0.25) is 5.91 Å². The summed E-state index contributed by atoms with van der Waals surface area (Å²) in [5.41, 5.74) is 4.43. The summed E-state index contributed by atoms with van der Waals surface area (Å²) < 4.78 is 5.14. The molecular formula is C21H25N3O3. The summed E-state index contributed by atoms with van der Waals surface area (Å²) >= 11 is 0. The van der Waals surface area contributed by atoms with E-state index in [2.05, 4.69) is 22.8 Å². The van der Waals surface area contributed by atoms with Crippen LogP contribution in [0.3, 0.4) is 0 Å². The van der Waals surface area contributed by atoms with Crippen molar-refractivity contribution in [1.29, 1.82) is 0 Å². The average molecular weight is 367 g/mol. The molecule has 0 saturated heterocycles. The fraction of sp³-hybridized carbons (Fsp3) is 0.286. The predicted octanol–water partition coefficient (Wildman–Crippen LogP) is 3.98. The van der Waals surface area contributed by atoms with E-state index in [0.717, 1.165) is 30.6 Å².